The molecule has 14 aromatic rings. The van der Waals surface area contributed by atoms with Crippen LogP contribution in [0.2, 0.25) is 0 Å². The quantitative estimate of drug-likeness (QED) is 0.121. The first-order valence-electron chi connectivity index (χ1n) is 24.4. The molecule has 0 saturated carbocycles. The maximum absolute atomic E-state index is 5.63. The Hall–Kier alpha value is -9.52. The van der Waals surface area contributed by atoms with Crippen LogP contribution in [0.5, 0.6) is 11.5 Å². The molecule has 0 saturated heterocycles. The highest BCUT2D eigenvalue weighted by Crippen LogP contribution is 2.48. The molecular formula is C66H46N4O2. The summed E-state index contributed by atoms with van der Waals surface area (Å²) in [6, 6.07) is 87.5. The highest BCUT2D eigenvalue weighted by Gasteiger charge is 2.25. The molecule has 0 fully saturated rings. The van der Waals surface area contributed by atoms with Crippen LogP contribution in [0.1, 0.15) is 0 Å². The second-order valence-electron chi connectivity index (χ2n) is 18.4. The van der Waals surface area contributed by atoms with Gasteiger partial charge in [-0.3, -0.25) is 0 Å². The highest BCUT2D eigenvalue weighted by atomic mass is 16.5. The zero-order valence-electron chi connectivity index (χ0n) is 39.7. The number of benzene rings is 12. The molecule has 72 heavy (non-hydrogen) atoms. The first-order valence-corrected chi connectivity index (χ1v) is 24.4. The lowest BCUT2D eigenvalue weighted by Crippen LogP contribution is -2.11. The van der Waals surface area contributed by atoms with Crippen molar-refractivity contribution in [2.45, 2.75) is 0 Å². The van der Waals surface area contributed by atoms with Crippen molar-refractivity contribution in [3.8, 4) is 34.0 Å². The molecule has 2 heterocycles. The van der Waals surface area contributed by atoms with Gasteiger partial charge in [-0.1, -0.05) is 109 Å². The van der Waals surface area contributed by atoms with E-state index in [1.807, 2.05) is 24.3 Å². The van der Waals surface area contributed by atoms with Crippen LogP contribution in [-0.4, -0.2) is 23.4 Å². The molecule has 6 heteroatoms. The molecule has 0 amide bonds. The van der Waals surface area contributed by atoms with Gasteiger partial charge in [-0.05, 0) is 155 Å². The van der Waals surface area contributed by atoms with Crippen LogP contribution in [-0.2, 0) is 0 Å². The van der Waals surface area contributed by atoms with Gasteiger partial charge in [-0.25, -0.2) is 0 Å². The summed E-state index contributed by atoms with van der Waals surface area (Å²) in [6.07, 6.45) is 0. The fourth-order valence-electron chi connectivity index (χ4n) is 11.4. The maximum Gasteiger partial charge on any atom is 0.119 e. The molecule has 0 atom stereocenters. The maximum atomic E-state index is 5.63. The lowest BCUT2D eigenvalue weighted by atomic mass is 9.99. The van der Waals surface area contributed by atoms with Crippen molar-refractivity contribution in [2.75, 3.05) is 24.0 Å². The third kappa shape index (κ3) is 6.43. The van der Waals surface area contributed by atoms with Crippen LogP contribution >= 0.6 is 0 Å². The Bertz CT molecular complexity index is 3980. The predicted octanol–water partition coefficient (Wildman–Crippen LogP) is 17.7. The lowest BCUT2D eigenvalue weighted by Gasteiger charge is -2.28. The summed E-state index contributed by atoms with van der Waals surface area (Å²) in [4.78, 5) is 4.74. The lowest BCUT2D eigenvalue weighted by molar-refractivity contribution is 0.414. The topological polar surface area (TPSA) is 34.8 Å². The molecule has 12 aromatic carbocycles. The van der Waals surface area contributed by atoms with E-state index in [2.05, 4.69) is 237 Å². The van der Waals surface area contributed by atoms with Gasteiger partial charge in [0.25, 0.3) is 0 Å². The van der Waals surface area contributed by atoms with Crippen LogP contribution in [0.15, 0.2) is 243 Å². The van der Waals surface area contributed by atoms with E-state index in [4.69, 9.17) is 9.47 Å². The van der Waals surface area contributed by atoms with E-state index in [9.17, 15) is 0 Å². The molecule has 0 aliphatic carbocycles. The van der Waals surface area contributed by atoms with E-state index < -0.39 is 0 Å². The van der Waals surface area contributed by atoms with Gasteiger partial charge in [0, 0.05) is 66.4 Å². The molecule has 0 radical (unpaired) electrons. The van der Waals surface area contributed by atoms with E-state index >= 15 is 0 Å². The molecule has 2 aromatic heterocycles. The number of ether oxygens (including phenoxy) is 2. The molecule has 14 rings (SSSR count). The average Bonchev–Trinajstić information content (AvgIpc) is 3.98. The van der Waals surface area contributed by atoms with Crippen molar-refractivity contribution in [3.05, 3.63) is 243 Å². The van der Waals surface area contributed by atoms with Crippen molar-refractivity contribution in [3.63, 3.8) is 0 Å². The minimum atomic E-state index is 0.816. The van der Waals surface area contributed by atoms with Crippen LogP contribution < -0.4 is 19.3 Å². The molecule has 0 N–H and O–H groups in total. The van der Waals surface area contributed by atoms with Crippen molar-refractivity contribution in [1.82, 2.24) is 9.13 Å². The fraction of sp³-hybridized carbons (Fsp3) is 0.0303. The molecule has 0 spiro atoms. The van der Waals surface area contributed by atoms with Crippen LogP contribution in [0.25, 0.3) is 87.7 Å². The zero-order valence-corrected chi connectivity index (χ0v) is 39.7. The molecular weight excluding hydrogens is 881 g/mol. The average molecular weight is 927 g/mol. The number of methoxy groups -OCH3 is 2. The SMILES string of the molecule is COc1ccc(N(c2ccc(-c3ccc(N(c4ccc(OC)cc4)c4ccc5c6c4ccc4cccc(c46)n5-c4ccccc4)cc3)cc2)c2ccc3c4c2ccc2cccc(c24)n3-c2ccccc2)cc1. The molecule has 0 unspecified atom stereocenters. The minimum absolute atomic E-state index is 0.816. The fourth-order valence-corrected chi connectivity index (χ4v) is 11.4. The van der Waals surface area contributed by atoms with Gasteiger partial charge >= 0.3 is 0 Å². The van der Waals surface area contributed by atoms with Gasteiger partial charge in [0.1, 0.15) is 11.5 Å². The van der Waals surface area contributed by atoms with E-state index in [1.165, 1.54) is 65.2 Å². The molecule has 0 aliphatic heterocycles. The summed E-state index contributed by atoms with van der Waals surface area (Å²) in [5, 5.41) is 9.90. The van der Waals surface area contributed by atoms with Gasteiger partial charge in [-0.15, -0.1) is 0 Å². The normalized spacial score (nSPS) is 11.8. The monoisotopic (exact) mass is 926 g/mol. The summed E-state index contributed by atoms with van der Waals surface area (Å²) < 4.78 is 16.1. The summed E-state index contributed by atoms with van der Waals surface area (Å²) in [6.45, 7) is 0. The summed E-state index contributed by atoms with van der Waals surface area (Å²) in [5.41, 5.74) is 15.7. The molecule has 0 aliphatic rings. The van der Waals surface area contributed by atoms with E-state index in [0.29, 0.717) is 0 Å². The minimum Gasteiger partial charge on any atom is -0.497 e. The number of nitrogens with zero attached hydrogens (tertiary/aromatic N) is 4. The van der Waals surface area contributed by atoms with E-state index in [-0.39, 0.29) is 0 Å². The van der Waals surface area contributed by atoms with Crippen molar-refractivity contribution in [1.29, 1.82) is 0 Å². The Morgan fingerprint density at radius 2 is 0.653 bits per heavy atom. The van der Waals surface area contributed by atoms with E-state index in [0.717, 1.165) is 68.1 Å². The Labute approximate surface area is 416 Å². The summed E-state index contributed by atoms with van der Waals surface area (Å²) in [7, 11) is 3.43. The Morgan fingerprint density at radius 1 is 0.292 bits per heavy atom. The Morgan fingerprint density at radius 3 is 1.03 bits per heavy atom. The number of rotatable bonds is 11. The zero-order chi connectivity index (χ0) is 47.9. The smallest absolute Gasteiger partial charge is 0.119 e. The highest BCUT2D eigenvalue weighted by molar-refractivity contribution is 6.28. The number of hydrogen-bond acceptors (Lipinski definition) is 4. The standard InChI is InChI=1S/C66H46N4O2/c1-71-53-33-29-51(30-34-53)67(57-39-41-61-65-55(57)37-23-45-11-9-17-59(63(45)65)69(61)47-13-5-3-6-14-47)49-25-19-43(20-26-49)44-21-27-50(28-22-44)68(52-31-35-54(72-2)36-32-52)58-40-42-62-66-56(58)38-24-46-12-10-18-60(64(46)66)70(62)48-15-7-4-8-16-48/h3-42H,1-2H3. The first kappa shape index (κ1) is 41.5. The van der Waals surface area contributed by atoms with Crippen molar-refractivity contribution < 1.29 is 9.47 Å². The third-order valence-electron chi connectivity index (χ3n) is 14.6. The van der Waals surface area contributed by atoms with Gasteiger partial charge < -0.3 is 28.4 Å². The number of anilines is 6. The van der Waals surface area contributed by atoms with Gasteiger partial charge in [0.2, 0.25) is 0 Å². The van der Waals surface area contributed by atoms with Crippen molar-refractivity contribution >= 4 is 99.3 Å². The van der Waals surface area contributed by atoms with Crippen LogP contribution in [0, 0.1) is 0 Å². The second-order valence-corrected chi connectivity index (χ2v) is 18.4. The molecule has 6 nitrogen and oxygen atoms in total. The molecule has 0 bridgehead atoms. The van der Waals surface area contributed by atoms with Crippen LogP contribution in [0.3, 0.4) is 0 Å². The van der Waals surface area contributed by atoms with E-state index in [1.54, 1.807) is 14.2 Å². The number of aromatic nitrogens is 2. The van der Waals surface area contributed by atoms with Crippen molar-refractivity contribution in [2.24, 2.45) is 0 Å². The van der Waals surface area contributed by atoms with Gasteiger partial charge in [-0.2, -0.15) is 0 Å². The van der Waals surface area contributed by atoms with Gasteiger partial charge in [0.05, 0.1) is 47.7 Å². The number of para-hydroxylation sites is 2. The molecule has 342 valence electrons. The second kappa shape index (κ2) is 16.6. The van der Waals surface area contributed by atoms with Gasteiger partial charge in [0.15, 0.2) is 0 Å². The number of hydrogen-bond donors (Lipinski definition) is 0. The van der Waals surface area contributed by atoms with Crippen LogP contribution in [0.4, 0.5) is 34.1 Å². The largest absolute Gasteiger partial charge is 0.497 e. The predicted molar refractivity (Wildman–Crippen MR) is 300 cm³/mol. The Kier molecular flexibility index (Phi) is 9.54. The summed E-state index contributed by atoms with van der Waals surface area (Å²) >= 11 is 0. The Balaban J connectivity index is 0.867. The first-order chi connectivity index (χ1) is 35.6. The third-order valence-corrected chi connectivity index (χ3v) is 14.6. The summed E-state index contributed by atoms with van der Waals surface area (Å²) in [5.74, 6) is 1.63.